The second kappa shape index (κ2) is 10.0. The molecule has 0 atom stereocenters. The molecule has 0 saturated carbocycles. The molecular formula is C20H16I2N2O5S. The van der Waals surface area contributed by atoms with Gasteiger partial charge < -0.3 is 14.8 Å². The van der Waals surface area contributed by atoms with E-state index in [0.717, 1.165) is 23.8 Å². The van der Waals surface area contributed by atoms with Crippen LogP contribution in [0, 0.1) is 7.14 Å². The summed E-state index contributed by atoms with van der Waals surface area (Å²) in [4.78, 5) is 38.7. The smallest absolute Gasteiger partial charge is 0.294 e. The van der Waals surface area contributed by atoms with Gasteiger partial charge in [0, 0.05) is 9.13 Å². The minimum absolute atomic E-state index is 0.237. The van der Waals surface area contributed by atoms with E-state index in [1.165, 1.54) is 7.11 Å². The first kappa shape index (κ1) is 22.9. The van der Waals surface area contributed by atoms with E-state index < -0.39 is 17.1 Å². The summed E-state index contributed by atoms with van der Waals surface area (Å²) >= 11 is 5.12. The highest BCUT2D eigenvalue weighted by Gasteiger charge is 2.36. The van der Waals surface area contributed by atoms with Crippen LogP contribution in [0.4, 0.5) is 10.5 Å². The summed E-state index contributed by atoms with van der Waals surface area (Å²) in [6.07, 6.45) is 1.62. The molecule has 1 heterocycles. The third kappa shape index (κ3) is 5.09. The zero-order chi connectivity index (χ0) is 21.8. The molecule has 2 aromatic carbocycles. The van der Waals surface area contributed by atoms with E-state index in [0.29, 0.717) is 22.7 Å². The lowest BCUT2D eigenvalue weighted by atomic mass is 10.2. The number of nitrogens with zero attached hydrogens (tertiary/aromatic N) is 1. The number of thioether (sulfide) groups is 1. The molecule has 7 nitrogen and oxygen atoms in total. The number of carbonyl (C=O) groups excluding carboxylic acids is 3. The number of benzene rings is 2. The first-order valence-corrected chi connectivity index (χ1v) is 11.5. The highest BCUT2D eigenvalue weighted by molar-refractivity contribution is 14.1. The van der Waals surface area contributed by atoms with E-state index in [9.17, 15) is 14.4 Å². The molecule has 0 aromatic heterocycles. The Morgan fingerprint density at radius 1 is 1.17 bits per heavy atom. The van der Waals surface area contributed by atoms with E-state index in [4.69, 9.17) is 9.47 Å². The molecule has 0 spiro atoms. The number of hydrogen-bond acceptors (Lipinski definition) is 6. The monoisotopic (exact) mass is 650 g/mol. The van der Waals surface area contributed by atoms with Crippen LogP contribution in [0.5, 0.6) is 11.5 Å². The van der Waals surface area contributed by atoms with Gasteiger partial charge in [-0.2, -0.15) is 0 Å². The Labute approximate surface area is 204 Å². The minimum Gasteiger partial charge on any atom is -0.495 e. The maximum atomic E-state index is 12.8. The lowest BCUT2D eigenvalue weighted by Gasteiger charge is -2.14. The highest BCUT2D eigenvalue weighted by atomic mass is 127. The average molecular weight is 650 g/mol. The molecule has 3 amide bonds. The molecule has 1 saturated heterocycles. The Balaban J connectivity index is 1.78. The quantitative estimate of drug-likeness (QED) is 0.364. The fraction of sp³-hybridized carbons (Fsp3) is 0.150. The maximum Gasteiger partial charge on any atom is 0.294 e. The predicted molar refractivity (Wildman–Crippen MR) is 133 cm³/mol. The van der Waals surface area contributed by atoms with Crippen molar-refractivity contribution in [2.45, 2.75) is 0 Å². The number of hydrogen-bond donors (Lipinski definition) is 1. The fourth-order valence-electron chi connectivity index (χ4n) is 2.76. The molecule has 1 N–H and O–H groups in total. The van der Waals surface area contributed by atoms with Crippen molar-refractivity contribution in [3.63, 3.8) is 0 Å². The first-order chi connectivity index (χ1) is 14.3. The topological polar surface area (TPSA) is 84.9 Å². The first-order valence-electron chi connectivity index (χ1n) is 8.55. The van der Waals surface area contributed by atoms with Gasteiger partial charge in [0.05, 0.1) is 28.4 Å². The van der Waals surface area contributed by atoms with E-state index in [1.54, 1.807) is 37.5 Å². The molecular weight excluding hydrogens is 634 g/mol. The van der Waals surface area contributed by atoms with Crippen LogP contribution >= 0.6 is 56.9 Å². The number of nitrogens with one attached hydrogen (secondary N) is 1. The largest absolute Gasteiger partial charge is 0.495 e. The molecule has 156 valence electrons. The lowest BCUT2D eigenvalue weighted by molar-refractivity contribution is -0.127. The van der Waals surface area contributed by atoms with Crippen molar-refractivity contribution >= 4 is 85.8 Å². The van der Waals surface area contributed by atoms with Crippen molar-refractivity contribution < 1.29 is 23.9 Å². The summed E-state index contributed by atoms with van der Waals surface area (Å²) in [5.74, 6) is 0.0949. The van der Waals surface area contributed by atoms with Crippen molar-refractivity contribution in [3.05, 3.63) is 54.0 Å². The van der Waals surface area contributed by atoms with Gasteiger partial charge in [0.1, 0.15) is 18.0 Å². The van der Waals surface area contributed by atoms with Gasteiger partial charge in [-0.05, 0) is 87.3 Å². The van der Waals surface area contributed by atoms with Crippen LogP contribution in [-0.2, 0) is 9.59 Å². The SMILES string of the molecule is COc1ccccc1NC(=O)CN1C(=O)S/C(=C/c2cc(I)cc(I)c2OC)C1=O. The standard InChI is InChI=1S/C20H16I2N2O5S/c1-28-15-6-4-3-5-14(15)23-17(25)10-24-19(26)16(30-20(24)27)8-11-7-12(21)9-13(22)18(11)29-2/h3-9H,10H2,1-2H3,(H,23,25)/b16-8+. The number of amides is 3. The third-order valence-corrected chi connectivity index (χ3v) is 6.42. The van der Waals surface area contributed by atoms with Crippen molar-refractivity contribution in [1.29, 1.82) is 0 Å². The van der Waals surface area contributed by atoms with Gasteiger partial charge in [-0.1, -0.05) is 12.1 Å². The number of halogens is 2. The summed E-state index contributed by atoms with van der Waals surface area (Å²) in [7, 11) is 3.04. The van der Waals surface area contributed by atoms with Crippen LogP contribution in [0.1, 0.15) is 5.56 Å². The molecule has 0 radical (unpaired) electrons. The lowest BCUT2D eigenvalue weighted by Crippen LogP contribution is -2.36. The van der Waals surface area contributed by atoms with Gasteiger partial charge in [-0.3, -0.25) is 19.3 Å². The molecule has 30 heavy (non-hydrogen) atoms. The van der Waals surface area contributed by atoms with E-state index in [1.807, 2.05) is 12.1 Å². The summed E-state index contributed by atoms with van der Waals surface area (Å²) in [6, 6.07) is 10.7. The van der Waals surface area contributed by atoms with Crippen LogP contribution < -0.4 is 14.8 Å². The molecule has 2 aromatic rings. The number of para-hydroxylation sites is 2. The normalized spacial score (nSPS) is 14.9. The molecule has 0 unspecified atom stereocenters. The summed E-state index contributed by atoms with van der Waals surface area (Å²) in [6.45, 7) is -0.388. The number of rotatable bonds is 6. The van der Waals surface area contributed by atoms with E-state index in [2.05, 4.69) is 50.5 Å². The van der Waals surface area contributed by atoms with Crippen LogP contribution in [0.3, 0.4) is 0 Å². The number of carbonyl (C=O) groups is 3. The maximum absolute atomic E-state index is 12.8. The number of methoxy groups -OCH3 is 2. The summed E-state index contributed by atoms with van der Waals surface area (Å²) in [5, 5.41) is 2.17. The number of ether oxygens (including phenoxy) is 2. The minimum atomic E-state index is -0.518. The van der Waals surface area contributed by atoms with Crippen molar-refractivity contribution in [1.82, 2.24) is 4.90 Å². The molecule has 0 bridgehead atoms. The third-order valence-electron chi connectivity index (χ3n) is 4.08. The molecule has 1 fully saturated rings. The van der Waals surface area contributed by atoms with Gasteiger partial charge >= 0.3 is 0 Å². The summed E-state index contributed by atoms with van der Waals surface area (Å²) in [5.41, 5.74) is 1.16. The predicted octanol–water partition coefficient (Wildman–Crippen LogP) is 4.59. The Morgan fingerprint density at radius 3 is 2.60 bits per heavy atom. The fourth-order valence-corrected chi connectivity index (χ4v) is 5.70. The van der Waals surface area contributed by atoms with Crippen LogP contribution in [0.15, 0.2) is 41.3 Å². The van der Waals surface area contributed by atoms with Gasteiger partial charge in [0.15, 0.2) is 0 Å². The Bertz CT molecular complexity index is 1060. The zero-order valence-corrected chi connectivity index (χ0v) is 21.0. The van der Waals surface area contributed by atoms with Gasteiger partial charge in [-0.25, -0.2) is 0 Å². The Morgan fingerprint density at radius 2 is 1.90 bits per heavy atom. The van der Waals surface area contributed by atoms with E-state index >= 15 is 0 Å². The summed E-state index contributed by atoms with van der Waals surface area (Å²) < 4.78 is 12.5. The second-order valence-electron chi connectivity index (χ2n) is 6.03. The van der Waals surface area contributed by atoms with Gasteiger partial charge in [0.2, 0.25) is 5.91 Å². The average Bonchev–Trinajstić information content (AvgIpc) is 2.95. The highest BCUT2D eigenvalue weighted by Crippen LogP contribution is 2.36. The van der Waals surface area contributed by atoms with Crippen molar-refractivity contribution in [3.8, 4) is 11.5 Å². The molecule has 1 aliphatic heterocycles. The number of anilines is 1. The van der Waals surface area contributed by atoms with Crippen LogP contribution in [-0.4, -0.2) is 42.7 Å². The molecule has 3 rings (SSSR count). The van der Waals surface area contributed by atoms with Crippen LogP contribution in [0.2, 0.25) is 0 Å². The van der Waals surface area contributed by atoms with Crippen LogP contribution in [0.25, 0.3) is 6.08 Å². The second-order valence-corrected chi connectivity index (χ2v) is 9.43. The van der Waals surface area contributed by atoms with Gasteiger partial charge in [0.25, 0.3) is 11.1 Å². The Kier molecular flexibility index (Phi) is 7.63. The molecule has 10 heteroatoms. The zero-order valence-electron chi connectivity index (χ0n) is 15.9. The van der Waals surface area contributed by atoms with E-state index in [-0.39, 0.29) is 11.4 Å². The molecule has 0 aliphatic carbocycles. The number of imide groups is 1. The van der Waals surface area contributed by atoms with Gasteiger partial charge in [-0.15, -0.1) is 0 Å². The van der Waals surface area contributed by atoms with Crippen molar-refractivity contribution in [2.24, 2.45) is 0 Å². The molecule has 1 aliphatic rings. The van der Waals surface area contributed by atoms with Crippen molar-refractivity contribution in [2.75, 3.05) is 26.1 Å². The Hall–Kier alpha value is -1.80.